The number of carbonyl (C=O) groups excluding carboxylic acids is 2. The number of urea groups is 1. The molecule has 1 saturated heterocycles. The number of halogens is 3. The highest BCUT2D eigenvalue weighted by Gasteiger charge is 2.33. The highest BCUT2D eigenvalue weighted by Crippen LogP contribution is 2.32. The van der Waals surface area contributed by atoms with Gasteiger partial charge in [0.2, 0.25) is 5.91 Å². The van der Waals surface area contributed by atoms with Crippen molar-refractivity contribution in [3.8, 4) is 0 Å². The highest BCUT2D eigenvalue weighted by atomic mass is 19.4. The van der Waals surface area contributed by atoms with Gasteiger partial charge < -0.3 is 20.0 Å². The molecule has 1 aliphatic heterocycles. The van der Waals surface area contributed by atoms with Gasteiger partial charge in [0.1, 0.15) is 5.76 Å². The molecular weight excluding hydrogens is 411 g/mol. The Morgan fingerprint density at radius 3 is 2.68 bits per heavy atom. The third-order valence-electron chi connectivity index (χ3n) is 5.63. The first-order chi connectivity index (χ1) is 14.8. The number of carbonyl (C=O) groups is 2. The number of anilines is 1. The zero-order valence-corrected chi connectivity index (χ0v) is 17.2. The van der Waals surface area contributed by atoms with Crippen LogP contribution in [0.1, 0.15) is 37.5 Å². The molecule has 2 unspecified atom stereocenters. The first kappa shape index (κ1) is 22.7. The second-order valence-electron chi connectivity index (χ2n) is 7.73. The van der Waals surface area contributed by atoms with Crippen LogP contribution in [0.2, 0.25) is 0 Å². The largest absolute Gasteiger partial charge is 0.467 e. The normalized spacial score (nSPS) is 19.2. The van der Waals surface area contributed by atoms with Crippen molar-refractivity contribution in [1.82, 2.24) is 10.2 Å². The molecule has 1 aromatic carbocycles. The molecule has 0 bridgehead atoms. The van der Waals surface area contributed by atoms with Gasteiger partial charge in [0.05, 0.1) is 18.4 Å². The summed E-state index contributed by atoms with van der Waals surface area (Å²) in [5.41, 5.74) is -0.705. The Kier molecular flexibility index (Phi) is 7.25. The zero-order chi connectivity index (χ0) is 22.4. The van der Waals surface area contributed by atoms with Crippen molar-refractivity contribution in [3.63, 3.8) is 0 Å². The molecular formula is C22H26F3N3O3. The molecule has 1 fully saturated rings. The lowest BCUT2D eigenvalue weighted by Crippen LogP contribution is -2.46. The van der Waals surface area contributed by atoms with Crippen LogP contribution in [-0.4, -0.2) is 29.9 Å². The standard InChI is InChI=1S/C22H26F3N3O3/c1-2-15-14-28(21(30)27-18-6-3-5-17(12-18)22(23,24)25)9-8-16(15)11-20(29)26-13-19-7-4-10-31-19/h3-7,10,12,15-16H,2,8-9,11,13-14H2,1H3,(H,26,29)(H,27,30). The molecule has 1 aromatic heterocycles. The molecule has 0 radical (unpaired) electrons. The number of nitrogens with zero attached hydrogens (tertiary/aromatic N) is 1. The predicted molar refractivity (Wildman–Crippen MR) is 109 cm³/mol. The summed E-state index contributed by atoms with van der Waals surface area (Å²) in [6.07, 6.45) is -1.10. The van der Waals surface area contributed by atoms with Gasteiger partial charge in [0.25, 0.3) is 0 Å². The van der Waals surface area contributed by atoms with Crippen molar-refractivity contribution in [2.24, 2.45) is 11.8 Å². The Labute approximate surface area is 178 Å². The number of rotatable bonds is 6. The lowest BCUT2D eigenvalue weighted by atomic mass is 9.81. The van der Waals surface area contributed by atoms with Crippen LogP contribution >= 0.6 is 0 Å². The van der Waals surface area contributed by atoms with E-state index in [9.17, 15) is 22.8 Å². The second kappa shape index (κ2) is 9.89. The van der Waals surface area contributed by atoms with Gasteiger partial charge in [-0.2, -0.15) is 13.2 Å². The van der Waals surface area contributed by atoms with E-state index in [-0.39, 0.29) is 23.4 Å². The first-order valence-electron chi connectivity index (χ1n) is 10.3. The smallest absolute Gasteiger partial charge is 0.416 e. The van der Waals surface area contributed by atoms with Gasteiger partial charge in [-0.25, -0.2) is 4.79 Å². The van der Waals surface area contributed by atoms with Crippen LogP contribution in [0.25, 0.3) is 0 Å². The fourth-order valence-electron chi connectivity index (χ4n) is 3.88. The fraction of sp³-hybridized carbons (Fsp3) is 0.455. The number of furan rings is 1. The van der Waals surface area contributed by atoms with Crippen molar-refractivity contribution in [1.29, 1.82) is 0 Å². The molecule has 9 heteroatoms. The van der Waals surface area contributed by atoms with E-state index in [2.05, 4.69) is 10.6 Å². The van der Waals surface area contributed by atoms with E-state index in [1.165, 1.54) is 12.1 Å². The molecule has 2 atom stereocenters. The lowest BCUT2D eigenvalue weighted by molar-refractivity contribution is -0.137. The molecule has 2 aromatic rings. The molecule has 2 heterocycles. The number of nitrogens with one attached hydrogen (secondary N) is 2. The Balaban J connectivity index is 1.52. The van der Waals surface area contributed by atoms with Gasteiger partial charge in [-0.15, -0.1) is 0 Å². The fourth-order valence-corrected chi connectivity index (χ4v) is 3.88. The van der Waals surface area contributed by atoms with E-state index >= 15 is 0 Å². The van der Waals surface area contributed by atoms with Crippen LogP contribution in [0.15, 0.2) is 47.1 Å². The molecule has 3 amide bonds. The molecule has 1 aliphatic rings. The van der Waals surface area contributed by atoms with E-state index in [0.29, 0.717) is 38.2 Å². The number of alkyl halides is 3. The average molecular weight is 437 g/mol. The maximum atomic E-state index is 12.9. The van der Waals surface area contributed by atoms with Crippen molar-refractivity contribution in [2.75, 3.05) is 18.4 Å². The van der Waals surface area contributed by atoms with Gasteiger partial charge in [-0.3, -0.25) is 4.79 Å². The predicted octanol–water partition coefficient (Wildman–Crippen LogP) is 4.88. The van der Waals surface area contributed by atoms with Crippen molar-refractivity contribution in [3.05, 3.63) is 54.0 Å². The molecule has 0 aliphatic carbocycles. The highest BCUT2D eigenvalue weighted by molar-refractivity contribution is 5.89. The zero-order valence-electron chi connectivity index (χ0n) is 17.2. The molecule has 6 nitrogen and oxygen atoms in total. The summed E-state index contributed by atoms with van der Waals surface area (Å²) in [4.78, 5) is 26.5. The molecule has 3 rings (SSSR count). The Hall–Kier alpha value is -2.97. The summed E-state index contributed by atoms with van der Waals surface area (Å²) in [6, 6.07) is 7.70. The number of hydrogen-bond donors (Lipinski definition) is 2. The van der Waals surface area contributed by atoms with Crippen molar-refractivity contribution in [2.45, 2.75) is 38.9 Å². The lowest BCUT2D eigenvalue weighted by Gasteiger charge is -2.38. The number of amides is 3. The minimum atomic E-state index is -4.47. The Morgan fingerprint density at radius 1 is 1.19 bits per heavy atom. The molecule has 0 spiro atoms. The summed E-state index contributed by atoms with van der Waals surface area (Å²) in [5, 5.41) is 5.40. The maximum Gasteiger partial charge on any atom is 0.416 e. The van der Waals surface area contributed by atoms with Crippen LogP contribution < -0.4 is 10.6 Å². The van der Waals surface area contributed by atoms with Crippen LogP contribution in [0, 0.1) is 11.8 Å². The summed E-state index contributed by atoms with van der Waals surface area (Å²) >= 11 is 0. The van der Waals surface area contributed by atoms with E-state index in [1.807, 2.05) is 6.92 Å². The molecule has 2 N–H and O–H groups in total. The van der Waals surface area contributed by atoms with E-state index < -0.39 is 17.8 Å². The summed E-state index contributed by atoms with van der Waals surface area (Å²) in [5.74, 6) is 0.887. The molecule has 31 heavy (non-hydrogen) atoms. The van der Waals surface area contributed by atoms with Gasteiger partial charge in [0.15, 0.2) is 0 Å². The summed E-state index contributed by atoms with van der Waals surface area (Å²) in [7, 11) is 0. The SMILES string of the molecule is CCC1CN(C(=O)Nc2cccc(C(F)(F)F)c2)CCC1CC(=O)NCc1ccco1. The minimum absolute atomic E-state index is 0.0679. The van der Waals surface area contributed by atoms with Crippen molar-refractivity contribution >= 4 is 17.6 Å². The average Bonchev–Trinajstić information content (AvgIpc) is 3.26. The van der Waals surface area contributed by atoms with E-state index in [1.54, 1.807) is 23.3 Å². The quantitative estimate of drug-likeness (QED) is 0.676. The van der Waals surface area contributed by atoms with Crippen LogP contribution in [0.4, 0.5) is 23.7 Å². The molecule has 168 valence electrons. The number of hydrogen-bond acceptors (Lipinski definition) is 3. The van der Waals surface area contributed by atoms with Gasteiger partial charge in [-0.05, 0) is 48.6 Å². The summed E-state index contributed by atoms with van der Waals surface area (Å²) in [6.45, 7) is 3.24. The number of piperidine rings is 1. The topological polar surface area (TPSA) is 74.6 Å². The number of likely N-dealkylation sites (tertiary alicyclic amines) is 1. The van der Waals surface area contributed by atoms with Crippen LogP contribution in [0.3, 0.4) is 0 Å². The molecule has 0 saturated carbocycles. The van der Waals surface area contributed by atoms with E-state index in [4.69, 9.17) is 4.42 Å². The van der Waals surface area contributed by atoms with Gasteiger partial charge >= 0.3 is 12.2 Å². The van der Waals surface area contributed by atoms with Crippen LogP contribution in [-0.2, 0) is 17.5 Å². The van der Waals surface area contributed by atoms with Gasteiger partial charge in [-0.1, -0.05) is 19.4 Å². The third-order valence-corrected chi connectivity index (χ3v) is 5.63. The van der Waals surface area contributed by atoms with Crippen LogP contribution in [0.5, 0.6) is 0 Å². The maximum absolute atomic E-state index is 12.9. The minimum Gasteiger partial charge on any atom is -0.467 e. The Morgan fingerprint density at radius 2 is 2.00 bits per heavy atom. The van der Waals surface area contributed by atoms with Crippen molar-refractivity contribution < 1.29 is 27.2 Å². The first-order valence-corrected chi connectivity index (χ1v) is 10.3. The number of benzene rings is 1. The van der Waals surface area contributed by atoms with Gasteiger partial charge in [0, 0.05) is 25.2 Å². The monoisotopic (exact) mass is 437 g/mol. The van der Waals surface area contributed by atoms with E-state index in [0.717, 1.165) is 18.6 Å². The Bertz CT molecular complexity index is 884. The third kappa shape index (κ3) is 6.26. The summed E-state index contributed by atoms with van der Waals surface area (Å²) < 4.78 is 43.8. The second-order valence-corrected chi connectivity index (χ2v) is 7.73.